The van der Waals surface area contributed by atoms with Gasteiger partial charge in [0.1, 0.15) is 17.2 Å². The first-order valence-electron chi connectivity index (χ1n) is 6.75. The first kappa shape index (κ1) is 15.8. The Morgan fingerprint density at radius 3 is 2.76 bits per heavy atom. The van der Waals surface area contributed by atoms with Crippen molar-refractivity contribution in [3.8, 4) is 0 Å². The molecule has 0 amide bonds. The fourth-order valence-electron chi connectivity index (χ4n) is 2.99. The smallest absolute Gasteiger partial charge is 0.338 e. The van der Waals surface area contributed by atoms with E-state index in [-0.39, 0.29) is 18.0 Å². The van der Waals surface area contributed by atoms with Crippen LogP contribution < -0.4 is 17.3 Å². The van der Waals surface area contributed by atoms with Crippen LogP contribution in [0.3, 0.4) is 0 Å². The lowest BCUT2D eigenvalue weighted by atomic mass is 9.90. The number of benzene rings is 1. The van der Waals surface area contributed by atoms with Crippen molar-refractivity contribution in [1.82, 2.24) is 0 Å². The second-order valence-electron chi connectivity index (χ2n) is 5.63. The van der Waals surface area contributed by atoms with Gasteiger partial charge in [0.15, 0.2) is 0 Å². The molecule has 21 heavy (non-hydrogen) atoms. The molecule has 6 heteroatoms. The molecule has 4 nitrogen and oxygen atoms in total. The van der Waals surface area contributed by atoms with Crippen LogP contribution in [0.1, 0.15) is 28.1 Å². The molecule has 0 bridgehead atoms. The van der Waals surface area contributed by atoms with Gasteiger partial charge in [0.25, 0.3) is 0 Å². The van der Waals surface area contributed by atoms with Gasteiger partial charge in [-0.05, 0) is 12.1 Å². The molecule has 1 aliphatic rings. The van der Waals surface area contributed by atoms with Crippen molar-refractivity contribution in [3.05, 3.63) is 34.8 Å². The first-order chi connectivity index (χ1) is 9.49. The molecule has 0 spiro atoms. The van der Waals surface area contributed by atoms with Crippen LogP contribution in [0.2, 0.25) is 0 Å². The number of fused-ring (bicyclic) bond motifs is 3. The largest absolute Gasteiger partial charge is 1.00 e. The highest BCUT2D eigenvalue weighted by Crippen LogP contribution is 2.34. The van der Waals surface area contributed by atoms with Crippen molar-refractivity contribution in [2.24, 2.45) is 0 Å². The molecule has 2 N–H and O–H groups in total. The number of aryl methyl sites for hydroxylation is 1. The van der Waals surface area contributed by atoms with Gasteiger partial charge < -0.3 is 26.8 Å². The predicted molar refractivity (Wildman–Crippen MR) is 71.8 cm³/mol. The monoisotopic (exact) mass is 313 g/mol. The van der Waals surface area contributed by atoms with Gasteiger partial charge >= 0.3 is 5.97 Å². The summed E-state index contributed by atoms with van der Waals surface area (Å²) in [6, 6.07) is 3.23. The molecule has 1 unspecified atom stereocenters. The Balaban J connectivity index is 0.00000161. The molecule has 0 fully saturated rings. The quantitative estimate of drug-likeness (QED) is 0.693. The average molecular weight is 314 g/mol. The third-order valence-electron chi connectivity index (χ3n) is 4.19. The van der Waals surface area contributed by atoms with E-state index in [1.807, 2.05) is 0 Å². The number of halogens is 2. The number of rotatable bonds is 2. The van der Waals surface area contributed by atoms with Crippen molar-refractivity contribution in [1.29, 1.82) is 0 Å². The van der Waals surface area contributed by atoms with Crippen molar-refractivity contribution in [2.45, 2.75) is 25.3 Å². The van der Waals surface area contributed by atoms with Crippen molar-refractivity contribution in [2.75, 3.05) is 14.1 Å². The zero-order valence-electron chi connectivity index (χ0n) is 11.9. The number of nitrogens with one attached hydrogen (secondary N) is 1. The Kier molecular flexibility index (Phi) is 4.25. The molecule has 1 aromatic carbocycles. The second-order valence-corrected chi connectivity index (χ2v) is 5.63. The van der Waals surface area contributed by atoms with E-state index in [0.29, 0.717) is 17.0 Å². The molecule has 0 radical (unpaired) electrons. The molecule has 0 saturated carbocycles. The number of carboxylic acid groups (broad SMARTS) is 1. The lowest BCUT2D eigenvalue weighted by Crippen LogP contribution is -3.10. The van der Waals surface area contributed by atoms with Gasteiger partial charge in [0.05, 0.1) is 31.1 Å². The van der Waals surface area contributed by atoms with Gasteiger partial charge in [0, 0.05) is 24.8 Å². The molecule has 1 aliphatic carbocycles. The summed E-state index contributed by atoms with van der Waals surface area (Å²) < 4.78 is 20.1. The van der Waals surface area contributed by atoms with E-state index < -0.39 is 11.8 Å². The summed E-state index contributed by atoms with van der Waals surface area (Å²) in [4.78, 5) is 12.4. The molecule has 1 atom stereocenters. The van der Waals surface area contributed by atoms with Gasteiger partial charge in [-0.15, -0.1) is 0 Å². The van der Waals surface area contributed by atoms with Crippen molar-refractivity contribution >= 4 is 16.9 Å². The highest BCUT2D eigenvalue weighted by molar-refractivity contribution is 5.95. The summed E-state index contributed by atoms with van der Waals surface area (Å²) in [6.07, 6.45) is 2.51. The van der Waals surface area contributed by atoms with E-state index in [9.17, 15) is 9.18 Å². The van der Waals surface area contributed by atoms with Crippen LogP contribution in [0.5, 0.6) is 0 Å². The molecule has 0 saturated heterocycles. The highest BCUT2D eigenvalue weighted by atomic mass is 35.5. The van der Waals surface area contributed by atoms with Gasteiger partial charge in [0.2, 0.25) is 0 Å². The van der Waals surface area contributed by atoms with E-state index in [0.717, 1.165) is 30.6 Å². The lowest BCUT2D eigenvalue weighted by Gasteiger charge is -2.24. The average Bonchev–Trinajstić information content (AvgIpc) is 2.76. The summed E-state index contributed by atoms with van der Waals surface area (Å²) >= 11 is 0. The Hall–Kier alpha value is -1.59. The fraction of sp³-hybridized carbons (Fsp3) is 0.400. The molecule has 1 heterocycles. The summed E-state index contributed by atoms with van der Waals surface area (Å²) in [5.74, 6) is -1.11. The molecular formula is C15H17ClFNO3. The van der Waals surface area contributed by atoms with Crippen LogP contribution in [0.4, 0.5) is 4.39 Å². The summed E-state index contributed by atoms with van der Waals surface area (Å²) in [5.41, 5.74) is 1.00. The zero-order valence-corrected chi connectivity index (χ0v) is 12.6. The van der Waals surface area contributed by atoms with Crippen LogP contribution in [-0.2, 0) is 12.8 Å². The zero-order chi connectivity index (χ0) is 14.4. The lowest BCUT2D eigenvalue weighted by molar-refractivity contribution is -0.886. The SMILES string of the molecule is C[NH+](C)C1CCc2oc3ccc(C(=O)O)c(F)c3c2C1.[Cl-]. The van der Waals surface area contributed by atoms with Crippen LogP contribution in [-0.4, -0.2) is 31.2 Å². The normalized spacial score (nSPS) is 17.6. The third-order valence-corrected chi connectivity index (χ3v) is 4.19. The topological polar surface area (TPSA) is 54.9 Å². The van der Waals surface area contributed by atoms with Gasteiger partial charge in [-0.1, -0.05) is 0 Å². The van der Waals surface area contributed by atoms with E-state index in [4.69, 9.17) is 9.52 Å². The van der Waals surface area contributed by atoms with Crippen LogP contribution in [0, 0.1) is 5.82 Å². The number of aromatic carboxylic acids is 1. The van der Waals surface area contributed by atoms with Gasteiger partial charge in [-0.3, -0.25) is 0 Å². The van der Waals surface area contributed by atoms with Gasteiger partial charge in [-0.2, -0.15) is 0 Å². The number of furan rings is 1. The number of hydrogen-bond donors (Lipinski definition) is 2. The van der Waals surface area contributed by atoms with E-state index >= 15 is 0 Å². The minimum absolute atomic E-state index is 0. The van der Waals surface area contributed by atoms with Crippen LogP contribution in [0.15, 0.2) is 16.5 Å². The Labute approximate surface area is 127 Å². The summed E-state index contributed by atoms with van der Waals surface area (Å²) in [5, 5.41) is 9.38. The van der Waals surface area contributed by atoms with Gasteiger partial charge in [-0.25, -0.2) is 9.18 Å². The maximum absolute atomic E-state index is 14.4. The minimum atomic E-state index is -1.25. The summed E-state index contributed by atoms with van der Waals surface area (Å²) in [6.45, 7) is 0. The standard InChI is InChI=1S/C15H16FNO3.ClH/c1-17(2)8-3-5-11-10(7-8)13-12(20-11)6-4-9(14(13)16)15(18)19;/h4,6,8H,3,5,7H2,1-2H3,(H,18,19);1H. The van der Waals surface area contributed by atoms with Crippen molar-refractivity contribution in [3.63, 3.8) is 0 Å². The molecule has 114 valence electrons. The molecule has 3 rings (SSSR count). The maximum Gasteiger partial charge on any atom is 0.338 e. The molecule has 1 aromatic heterocycles. The number of quaternary nitrogens is 1. The van der Waals surface area contributed by atoms with E-state index in [1.165, 1.54) is 11.0 Å². The van der Waals surface area contributed by atoms with E-state index in [1.54, 1.807) is 6.07 Å². The number of likely N-dealkylation sites (N-methyl/N-ethyl adjacent to an activating group) is 1. The molecule has 2 aromatic rings. The Morgan fingerprint density at radius 2 is 2.14 bits per heavy atom. The number of carboxylic acids is 1. The first-order valence-corrected chi connectivity index (χ1v) is 6.75. The third kappa shape index (κ3) is 2.51. The number of carbonyl (C=O) groups is 1. The number of hydrogen-bond acceptors (Lipinski definition) is 2. The van der Waals surface area contributed by atoms with Crippen LogP contribution in [0.25, 0.3) is 11.0 Å². The Bertz CT molecular complexity index is 696. The van der Waals surface area contributed by atoms with Crippen LogP contribution >= 0.6 is 0 Å². The van der Waals surface area contributed by atoms with E-state index in [2.05, 4.69) is 14.1 Å². The fourth-order valence-corrected chi connectivity index (χ4v) is 2.99. The summed E-state index contributed by atoms with van der Waals surface area (Å²) in [7, 11) is 4.16. The maximum atomic E-state index is 14.4. The highest BCUT2D eigenvalue weighted by Gasteiger charge is 2.30. The predicted octanol–water partition coefficient (Wildman–Crippen LogP) is -1.72. The molecule has 0 aliphatic heterocycles. The minimum Gasteiger partial charge on any atom is -1.00 e. The van der Waals surface area contributed by atoms with Crippen molar-refractivity contribution < 1.29 is 36.0 Å². The second kappa shape index (κ2) is 5.66. The molecular weight excluding hydrogens is 297 g/mol. The Morgan fingerprint density at radius 1 is 1.43 bits per heavy atom.